The van der Waals surface area contributed by atoms with Gasteiger partial charge in [0.2, 0.25) is 5.91 Å². The molecule has 6 nitrogen and oxygen atoms in total. The van der Waals surface area contributed by atoms with Gasteiger partial charge in [-0.15, -0.1) is 0 Å². The molecule has 0 radical (unpaired) electrons. The van der Waals surface area contributed by atoms with Gasteiger partial charge >= 0.3 is 5.63 Å². The molecule has 2 fully saturated rings. The number of furan rings is 1. The minimum atomic E-state index is -0.642. The first-order chi connectivity index (χ1) is 17.4. The van der Waals surface area contributed by atoms with Crippen LogP contribution in [0.4, 0.5) is 0 Å². The van der Waals surface area contributed by atoms with Crippen molar-refractivity contribution in [1.82, 2.24) is 4.90 Å². The summed E-state index contributed by atoms with van der Waals surface area (Å²) >= 11 is 0. The molecule has 2 aliphatic rings. The third-order valence-corrected chi connectivity index (χ3v) is 8.53. The van der Waals surface area contributed by atoms with E-state index >= 15 is 0 Å². The van der Waals surface area contributed by atoms with Crippen molar-refractivity contribution in [2.45, 2.75) is 58.0 Å². The molecule has 2 unspecified atom stereocenters. The van der Waals surface area contributed by atoms with Gasteiger partial charge in [-0.3, -0.25) is 4.79 Å². The highest BCUT2D eigenvalue weighted by Gasteiger charge is 2.43. The topological polar surface area (TPSA) is 83.9 Å². The van der Waals surface area contributed by atoms with E-state index in [1.165, 1.54) is 0 Å². The Kier molecular flexibility index (Phi) is 5.52. The molecule has 36 heavy (non-hydrogen) atoms. The molecule has 1 aliphatic carbocycles. The van der Waals surface area contributed by atoms with Crippen molar-refractivity contribution >= 4 is 27.8 Å². The fourth-order valence-electron chi connectivity index (χ4n) is 6.30. The predicted molar refractivity (Wildman–Crippen MR) is 139 cm³/mol. The SMILES string of the molecule is Cc1c(CC(=O)N2CCC3(O)CCCCC3C2)c(=O)oc2c(C)c3occ(-c4ccccc4)c3cc12. The molecule has 2 atom stereocenters. The Hall–Kier alpha value is -3.38. The number of carbonyl (C=O) groups excluding carboxylic acids is 1. The zero-order valence-electron chi connectivity index (χ0n) is 20.8. The number of carbonyl (C=O) groups is 1. The van der Waals surface area contributed by atoms with Gasteiger partial charge in [-0.2, -0.15) is 0 Å². The number of piperidine rings is 1. The van der Waals surface area contributed by atoms with Crippen molar-refractivity contribution in [3.8, 4) is 11.1 Å². The van der Waals surface area contributed by atoms with E-state index in [0.29, 0.717) is 36.2 Å². The Morgan fingerprint density at radius 2 is 1.89 bits per heavy atom. The largest absolute Gasteiger partial charge is 0.463 e. The number of aliphatic hydroxyl groups is 1. The lowest BCUT2D eigenvalue weighted by Gasteiger charge is -2.47. The van der Waals surface area contributed by atoms with Crippen molar-refractivity contribution < 1.29 is 18.7 Å². The van der Waals surface area contributed by atoms with E-state index in [1.807, 2.05) is 55.1 Å². The average molecular weight is 486 g/mol. The van der Waals surface area contributed by atoms with Crippen molar-refractivity contribution in [2.75, 3.05) is 13.1 Å². The van der Waals surface area contributed by atoms with E-state index in [4.69, 9.17) is 8.83 Å². The number of fused-ring (bicyclic) bond motifs is 3. The Morgan fingerprint density at radius 3 is 2.69 bits per heavy atom. The lowest BCUT2D eigenvalue weighted by atomic mass is 9.71. The summed E-state index contributed by atoms with van der Waals surface area (Å²) in [7, 11) is 0. The van der Waals surface area contributed by atoms with Crippen molar-refractivity contribution in [2.24, 2.45) is 5.92 Å². The van der Waals surface area contributed by atoms with Crippen LogP contribution in [-0.2, 0) is 11.2 Å². The minimum Gasteiger partial charge on any atom is -0.463 e. The molecule has 1 saturated carbocycles. The molecule has 2 aromatic carbocycles. The van der Waals surface area contributed by atoms with Crippen LogP contribution in [0.1, 0.15) is 48.8 Å². The molecule has 1 aliphatic heterocycles. The summed E-state index contributed by atoms with van der Waals surface area (Å²) in [5.41, 5.74) is 4.05. The zero-order valence-corrected chi connectivity index (χ0v) is 20.8. The first-order valence-electron chi connectivity index (χ1n) is 12.9. The van der Waals surface area contributed by atoms with Crippen LogP contribution in [0.2, 0.25) is 0 Å². The summed E-state index contributed by atoms with van der Waals surface area (Å²) in [6.07, 6.45) is 6.26. The molecule has 2 aromatic heterocycles. The second-order valence-electron chi connectivity index (χ2n) is 10.6. The van der Waals surface area contributed by atoms with Crippen LogP contribution >= 0.6 is 0 Å². The molecule has 1 N–H and O–H groups in total. The molecular weight excluding hydrogens is 454 g/mol. The van der Waals surface area contributed by atoms with Crippen LogP contribution in [0.3, 0.4) is 0 Å². The van der Waals surface area contributed by atoms with Crippen LogP contribution in [0.25, 0.3) is 33.1 Å². The van der Waals surface area contributed by atoms with Crippen molar-refractivity contribution in [1.29, 1.82) is 0 Å². The van der Waals surface area contributed by atoms with E-state index < -0.39 is 11.2 Å². The van der Waals surface area contributed by atoms with Gasteiger partial charge in [-0.1, -0.05) is 43.2 Å². The van der Waals surface area contributed by atoms with Gasteiger partial charge in [0.25, 0.3) is 0 Å². The molecule has 1 saturated heterocycles. The average Bonchev–Trinajstić information content (AvgIpc) is 3.31. The maximum absolute atomic E-state index is 13.3. The summed E-state index contributed by atoms with van der Waals surface area (Å²) < 4.78 is 11.7. The van der Waals surface area contributed by atoms with E-state index in [9.17, 15) is 14.7 Å². The maximum atomic E-state index is 13.3. The van der Waals surface area contributed by atoms with Gasteiger partial charge in [-0.25, -0.2) is 4.79 Å². The van der Waals surface area contributed by atoms with E-state index in [-0.39, 0.29) is 18.2 Å². The second-order valence-corrected chi connectivity index (χ2v) is 10.6. The lowest BCUT2D eigenvalue weighted by Crippen LogP contribution is -2.55. The molecule has 3 heterocycles. The monoisotopic (exact) mass is 485 g/mol. The van der Waals surface area contributed by atoms with Crippen LogP contribution < -0.4 is 5.63 Å². The molecule has 186 valence electrons. The zero-order chi connectivity index (χ0) is 25.0. The van der Waals surface area contributed by atoms with Crippen LogP contribution in [0.5, 0.6) is 0 Å². The molecule has 6 heteroatoms. The van der Waals surface area contributed by atoms with Gasteiger partial charge in [0, 0.05) is 40.9 Å². The Morgan fingerprint density at radius 1 is 1.08 bits per heavy atom. The lowest BCUT2D eigenvalue weighted by molar-refractivity contribution is -0.142. The molecule has 1 amide bonds. The summed E-state index contributed by atoms with van der Waals surface area (Å²) in [5, 5.41) is 12.7. The van der Waals surface area contributed by atoms with Gasteiger partial charge in [0.1, 0.15) is 11.2 Å². The minimum absolute atomic E-state index is 0.00324. The smallest absolute Gasteiger partial charge is 0.340 e. The quantitative estimate of drug-likeness (QED) is 0.386. The molecule has 6 rings (SSSR count). The fraction of sp³-hybridized carbons (Fsp3) is 0.400. The number of likely N-dealkylation sites (tertiary alicyclic amines) is 1. The third-order valence-electron chi connectivity index (χ3n) is 8.53. The fourth-order valence-corrected chi connectivity index (χ4v) is 6.30. The van der Waals surface area contributed by atoms with Gasteiger partial charge < -0.3 is 18.8 Å². The Balaban J connectivity index is 1.37. The molecule has 0 bridgehead atoms. The normalized spacial score (nSPS) is 22.2. The summed E-state index contributed by atoms with van der Waals surface area (Å²) in [5.74, 6) is 0.0370. The Labute approximate surface area is 209 Å². The predicted octanol–water partition coefficient (Wildman–Crippen LogP) is 5.52. The third kappa shape index (κ3) is 3.66. The maximum Gasteiger partial charge on any atom is 0.340 e. The van der Waals surface area contributed by atoms with E-state index in [2.05, 4.69) is 0 Å². The highest BCUT2D eigenvalue weighted by molar-refractivity contribution is 6.05. The van der Waals surface area contributed by atoms with E-state index in [1.54, 1.807) is 6.26 Å². The van der Waals surface area contributed by atoms with Crippen molar-refractivity contribution in [3.05, 3.63) is 69.8 Å². The highest BCUT2D eigenvalue weighted by atomic mass is 16.4. The van der Waals surface area contributed by atoms with Crippen LogP contribution in [0.15, 0.2) is 56.3 Å². The second kappa shape index (κ2) is 8.63. The highest BCUT2D eigenvalue weighted by Crippen LogP contribution is 2.40. The Bertz CT molecular complexity index is 1530. The number of benzene rings is 2. The number of rotatable bonds is 3. The van der Waals surface area contributed by atoms with Crippen LogP contribution in [0, 0.1) is 19.8 Å². The van der Waals surface area contributed by atoms with Gasteiger partial charge in [-0.05, 0) is 50.3 Å². The number of aryl methyl sites for hydroxylation is 2. The van der Waals surface area contributed by atoms with Gasteiger partial charge in [0.05, 0.1) is 23.8 Å². The molecular formula is C30H31NO5. The van der Waals surface area contributed by atoms with E-state index in [0.717, 1.165) is 58.7 Å². The first kappa shape index (κ1) is 23.0. The van der Waals surface area contributed by atoms with Crippen molar-refractivity contribution in [3.63, 3.8) is 0 Å². The number of amides is 1. The summed E-state index contributed by atoms with van der Waals surface area (Å²) in [4.78, 5) is 28.2. The molecule has 4 aromatic rings. The standard InChI is InChI=1S/C30H31NO5/c1-18-22-14-24-25(20-8-4-3-5-9-20)17-35-27(24)19(2)28(22)36-29(33)23(18)15-26(32)31-13-12-30(34)11-7-6-10-21(30)16-31/h3-5,8-9,14,17,21,34H,6-7,10-13,15-16H2,1-2H3. The number of hydrogen-bond acceptors (Lipinski definition) is 5. The number of nitrogens with zero attached hydrogens (tertiary/aromatic N) is 1. The summed E-state index contributed by atoms with van der Waals surface area (Å²) in [6, 6.07) is 12.1. The summed E-state index contributed by atoms with van der Waals surface area (Å²) in [6.45, 7) is 4.88. The molecule has 0 spiro atoms. The van der Waals surface area contributed by atoms with Crippen LogP contribution in [-0.4, -0.2) is 34.6 Å². The van der Waals surface area contributed by atoms with Gasteiger partial charge in [0.15, 0.2) is 0 Å². The number of hydrogen-bond donors (Lipinski definition) is 1. The first-order valence-corrected chi connectivity index (χ1v) is 12.9.